The number of carbonyl (C=O) groups excluding carboxylic acids is 2. The van der Waals surface area contributed by atoms with Crippen LogP contribution in [0.3, 0.4) is 0 Å². The molecule has 2 heterocycles. The molecule has 1 spiro atoms. The average molecular weight is 220 g/mol. The summed E-state index contributed by atoms with van der Waals surface area (Å²) in [4.78, 5) is 22.9. The number of hydrogen-bond donors (Lipinski definition) is 0. The van der Waals surface area contributed by atoms with Crippen LogP contribution in [0.1, 0.15) is 19.8 Å². The molecule has 4 heteroatoms. The molecule has 0 aromatic heterocycles. The Balaban J connectivity index is 2.03. The van der Waals surface area contributed by atoms with Crippen molar-refractivity contribution in [2.45, 2.75) is 37.3 Å². The van der Waals surface area contributed by atoms with Gasteiger partial charge < -0.3 is 9.47 Å². The summed E-state index contributed by atoms with van der Waals surface area (Å²) in [6.07, 6.45) is 6.56. The van der Waals surface area contributed by atoms with Crippen molar-refractivity contribution in [3.05, 3.63) is 24.3 Å². The maximum Gasteiger partial charge on any atom is 0.178 e. The van der Waals surface area contributed by atoms with E-state index < -0.39 is 17.5 Å². The van der Waals surface area contributed by atoms with E-state index in [0.717, 1.165) is 0 Å². The Bertz CT molecular complexity index is 418. The minimum absolute atomic E-state index is 0.0404. The second-order valence-corrected chi connectivity index (χ2v) is 4.62. The van der Waals surface area contributed by atoms with Crippen molar-refractivity contribution in [1.29, 1.82) is 0 Å². The molecule has 0 amide bonds. The molecule has 0 saturated carbocycles. The third-order valence-corrected chi connectivity index (χ3v) is 3.30. The summed E-state index contributed by atoms with van der Waals surface area (Å²) < 4.78 is 11.5. The fourth-order valence-electron chi connectivity index (χ4n) is 2.48. The normalized spacial score (nSPS) is 39.7. The number of Topliss-reactive ketones (excluding diaryl/α,β-unsaturated/α-hetero) is 1. The fourth-order valence-corrected chi connectivity index (χ4v) is 2.48. The third-order valence-electron chi connectivity index (χ3n) is 3.30. The summed E-state index contributed by atoms with van der Waals surface area (Å²) in [5.41, 5.74) is -0.865. The van der Waals surface area contributed by atoms with Crippen LogP contribution >= 0.6 is 0 Å². The van der Waals surface area contributed by atoms with E-state index >= 15 is 0 Å². The summed E-state index contributed by atoms with van der Waals surface area (Å²) in [5.74, 6) is -0.750. The van der Waals surface area contributed by atoms with E-state index in [1.807, 2.05) is 6.92 Å². The van der Waals surface area contributed by atoms with Crippen LogP contribution in [0.15, 0.2) is 24.3 Å². The first-order valence-electron chi connectivity index (χ1n) is 5.36. The lowest BCUT2D eigenvalue weighted by molar-refractivity contribution is -0.185. The van der Waals surface area contributed by atoms with Crippen LogP contribution in [0.2, 0.25) is 0 Å². The first-order chi connectivity index (χ1) is 7.53. The van der Waals surface area contributed by atoms with E-state index in [4.69, 9.17) is 9.47 Å². The van der Waals surface area contributed by atoms with Gasteiger partial charge in [0, 0.05) is 12.8 Å². The Kier molecular flexibility index (Phi) is 1.80. The van der Waals surface area contributed by atoms with Crippen molar-refractivity contribution in [2.75, 3.05) is 0 Å². The van der Waals surface area contributed by atoms with Crippen LogP contribution in [0, 0.1) is 0 Å². The standard InChI is InChI=1S/C12H12O4/c1-11-5-4-9(14)10(15-11)12(16-11)6-2-8(13)3-7-12/h2-3,6-7,10H,4-5H2,1H3/t10-,11+/m0/s1. The molecule has 2 fully saturated rings. The second kappa shape index (κ2) is 2.90. The lowest BCUT2D eigenvalue weighted by Gasteiger charge is -2.26. The number of carbonyl (C=O) groups is 2. The van der Waals surface area contributed by atoms with Crippen LogP contribution in [0.4, 0.5) is 0 Å². The van der Waals surface area contributed by atoms with Crippen LogP contribution in [0.5, 0.6) is 0 Å². The zero-order chi connectivity index (χ0) is 11.4. The highest BCUT2D eigenvalue weighted by Crippen LogP contribution is 2.46. The molecule has 0 aromatic carbocycles. The number of ether oxygens (including phenoxy) is 2. The molecule has 0 unspecified atom stereocenters. The van der Waals surface area contributed by atoms with Crippen molar-refractivity contribution in [1.82, 2.24) is 0 Å². The van der Waals surface area contributed by atoms with Gasteiger partial charge in [-0.3, -0.25) is 9.59 Å². The van der Waals surface area contributed by atoms with E-state index in [2.05, 4.69) is 0 Å². The van der Waals surface area contributed by atoms with Crippen molar-refractivity contribution >= 4 is 11.6 Å². The Hall–Kier alpha value is -1.26. The van der Waals surface area contributed by atoms with Gasteiger partial charge in [0.2, 0.25) is 0 Å². The first kappa shape index (κ1) is 9.93. The maximum absolute atomic E-state index is 11.8. The van der Waals surface area contributed by atoms with E-state index in [1.54, 1.807) is 12.2 Å². The molecule has 3 rings (SSSR count). The lowest BCUT2D eigenvalue weighted by Crippen LogP contribution is -2.43. The van der Waals surface area contributed by atoms with Crippen LogP contribution in [-0.4, -0.2) is 29.1 Å². The highest BCUT2D eigenvalue weighted by molar-refractivity contribution is 6.01. The summed E-state index contributed by atoms with van der Waals surface area (Å²) in [7, 11) is 0. The monoisotopic (exact) mass is 220 g/mol. The van der Waals surface area contributed by atoms with Gasteiger partial charge in [-0.05, 0) is 31.2 Å². The molecule has 0 aromatic rings. The predicted molar refractivity (Wildman–Crippen MR) is 54.6 cm³/mol. The van der Waals surface area contributed by atoms with Gasteiger partial charge >= 0.3 is 0 Å². The first-order valence-corrected chi connectivity index (χ1v) is 5.36. The van der Waals surface area contributed by atoms with Crippen molar-refractivity contribution < 1.29 is 19.1 Å². The smallest absolute Gasteiger partial charge is 0.178 e. The quantitative estimate of drug-likeness (QED) is 0.609. The molecular weight excluding hydrogens is 208 g/mol. The SMILES string of the molecule is C[C@@]12CCC(=O)[C@H](O1)C1(C=CC(=O)C=C1)O2. The Morgan fingerprint density at radius 1 is 1.31 bits per heavy atom. The summed E-state index contributed by atoms with van der Waals surface area (Å²) in [6, 6.07) is 0. The Morgan fingerprint density at radius 3 is 2.69 bits per heavy atom. The van der Waals surface area contributed by atoms with E-state index in [0.29, 0.717) is 12.8 Å². The average Bonchev–Trinajstić information content (AvgIpc) is 2.49. The van der Waals surface area contributed by atoms with Crippen molar-refractivity contribution in [2.24, 2.45) is 0 Å². The fraction of sp³-hybridized carbons (Fsp3) is 0.500. The minimum atomic E-state index is -0.865. The number of rotatable bonds is 0. The number of hydrogen-bond acceptors (Lipinski definition) is 4. The van der Waals surface area contributed by atoms with Gasteiger partial charge in [-0.1, -0.05) is 0 Å². The van der Waals surface area contributed by atoms with Crippen LogP contribution in [0.25, 0.3) is 0 Å². The Morgan fingerprint density at radius 2 is 2.00 bits per heavy atom. The van der Waals surface area contributed by atoms with Crippen LogP contribution < -0.4 is 0 Å². The summed E-state index contributed by atoms with van der Waals surface area (Å²) in [6.45, 7) is 1.83. The van der Waals surface area contributed by atoms with Gasteiger partial charge in [0.15, 0.2) is 23.5 Å². The van der Waals surface area contributed by atoms with E-state index in [1.165, 1.54) is 12.2 Å². The molecule has 2 aliphatic heterocycles. The molecule has 4 nitrogen and oxygen atoms in total. The van der Waals surface area contributed by atoms with Crippen LogP contribution in [-0.2, 0) is 19.1 Å². The van der Waals surface area contributed by atoms with Crippen molar-refractivity contribution in [3.63, 3.8) is 0 Å². The molecule has 0 N–H and O–H groups in total. The lowest BCUT2D eigenvalue weighted by atomic mass is 9.88. The van der Waals surface area contributed by atoms with Gasteiger partial charge in [-0.15, -0.1) is 0 Å². The van der Waals surface area contributed by atoms with Gasteiger partial charge in [-0.2, -0.15) is 0 Å². The zero-order valence-corrected chi connectivity index (χ0v) is 8.93. The van der Waals surface area contributed by atoms with Gasteiger partial charge in [0.25, 0.3) is 0 Å². The van der Waals surface area contributed by atoms with E-state index in [9.17, 15) is 9.59 Å². The molecule has 1 aliphatic carbocycles. The highest BCUT2D eigenvalue weighted by atomic mass is 16.8. The molecule has 2 atom stereocenters. The zero-order valence-electron chi connectivity index (χ0n) is 8.93. The molecule has 16 heavy (non-hydrogen) atoms. The number of allylic oxidation sites excluding steroid dienone is 2. The highest BCUT2D eigenvalue weighted by Gasteiger charge is 2.58. The number of fused-ring (bicyclic) bond motifs is 3. The molecule has 2 saturated heterocycles. The second-order valence-electron chi connectivity index (χ2n) is 4.62. The van der Waals surface area contributed by atoms with Gasteiger partial charge in [0.1, 0.15) is 5.60 Å². The summed E-state index contributed by atoms with van der Waals surface area (Å²) in [5, 5.41) is 0. The largest absolute Gasteiger partial charge is 0.335 e. The maximum atomic E-state index is 11.8. The molecular formula is C12H12O4. The Labute approximate surface area is 92.9 Å². The molecule has 2 bridgehead atoms. The van der Waals surface area contributed by atoms with Crippen molar-refractivity contribution in [3.8, 4) is 0 Å². The summed E-state index contributed by atoms with van der Waals surface area (Å²) >= 11 is 0. The minimum Gasteiger partial charge on any atom is -0.335 e. The number of ketones is 2. The molecule has 3 aliphatic rings. The predicted octanol–water partition coefficient (Wildman–Crippen LogP) is 0.915. The topological polar surface area (TPSA) is 52.6 Å². The molecule has 0 radical (unpaired) electrons. The van der Waals surface area contributed by atoms with E-state index in [-0.39, 0.29) is 11.6 Å². The third kappa shape index (κ3) is 1.23. The van der Waals surface area contributed by atoms with Gasteiger partial charge in [0.05, 0.1) is 0 Å². The van der Waals surface area contributed by atoms with Gasteiger partial charge in [-0.25, -0.2) is 0 Å². The molecule has 84 valence electrons.